The Kier molecular flexibility index (Phi) is 7.03. The summed E-state index contributed by atoms with van der Waals surface area (Å²) in [6.45, 7) is 2.37. The van der Waals surface area contributed by atoms with Crippen LogP contribution in [0.4, 0.5) is 0 Å². The van der Waals surface area contributed by atoms with Crippen LogP contribution in [0.3, 0.4) is 0 Å². The molecule has 1 atom stereocenters. The normalized spacial score (nSPS) is 17.6. The monoisotopic (exact) mass is 487 g/mol. The molecule has 32 heavy (non-hydrogen) atoms. The summed E-state index contributed by atoms with van der Waals surface area (Å²) in [6, 6.07) is 11.0. The second-order valence-corrected chi connectivity index (χ2v) is 9.60. The Labute approximate surface area is 200 Å². The van der Waals surface area contributed by atoms with E-state index in [1.165, 1.54) is 23.7 Å². The molecule has 2 aliphatic rings. The van der Waals surface area contributed by atoms with Crippen LogP contribution in [0, 0.1) is 0 Å². The summed E-state index contributed by atoms with van der Waals surface area (Å²) in [6.07, 6.45) is 0.980. The molecule has 1 aromatic heterocycles. The van der Waals surface area contributed by atoms with Crippen molar-refractivity contribution in [2.75, 3.05) is 13.7 Å². The van der Waals surface area contributed by atoms with Crippen LogP contribution in [0.5, 0.6) is 0 Å². The molecule has 1 N–H and O–H groups in total. The Morgan fingerprint density at radius 3 is 2.84 bits per heavy atom. The van der Waals surface area contributed by atoms with Crippen molar-refractivity contribution < 1.29 is 14.3 Å². The quantitative estimate of drug-likeness (QED) is 0.562. The zero-order valence-corrected chi connectivity index (χ0v) is 20.0. The van der Waals surface area contributed by atoms with Crippen molar-refractivity contribution in [2.24, 2.45) is 4.99 Å². The molecular weight excluding hydrogens is 466 g/mol. The highest BCUT2D eigenvalue weighted by atomic mass is 35.5. The van der Waals surface area contributed by atoms with Gasteiger partial charge in [0, 0.05) is 22.1 Å². The molecule has 1 unspecified atom stereocenters. The van der Waals surface area contributed by atoms with E-state index in [1.54, 1.807) is 24.3 Å². The highest BCUT2D eigenvalue weighted by Crippen LogP contribution is 2.45. The lowest BCUT2D eigenvalue weighted by Gasteiger charge is -2.36. The van der Waals surface area contributed by atoms with E-state index in [9.17, 15) is 9.59 Å². The number of nitrogens with one attached hydrogen (secondary N) is 1. The van der Waals surface area contributed by atoms with Crippen molar-refractivity contribution >= 4 is 51.7 Å². The molecule has 0 aliphatic carbocycles. The van der Waals surface area contributed by atoms with Gasteiger partial charge in [-0.3, -0.25) is 4.79 Å². The number of allylic oxidation sites excluding steroid dienone is 1. The number of thiophene rings is 1. The fourth-order valence-electron chi connectivity index (χ4n) is 3.74. The Morgan fingerprint density at radius 1 is 1.28 bits per heavy atom. The van der Waals surface area contributed by atoms with E-state index in [4.69, 9.17) is 16.3 Å². The van der Waals surface area contributed by atoms with Gasteiger partial charge in [0.15, 0.2) is 5.17 Å². The third-order valence-electron chi connectivity index (χ3n) is 5.19. The summed E-state index contributed by atoms with van der Waals surface area (Å²) in [5.41, 5.74) is 2.64. The van der Waals surface area contributed by atoms with E-state index in [0.29, 0.717) is 22.8 Å². The lowest BCUT2D eigenvalue weighted by Crippen LogP contribution is -2.38. The maximum atomic E-state index is 12.7. The molecule has 4 rings (SSSR count). The Bertz CT molecular complexity index is 1130. The number of thioether (sulfide) groups is 1. The first-order chi connectivity index (χ1) is 15.5. The van der Waals surface area contributed by atoms with Crippen molar-refractivity contribution in [2.45, 2.75) is 25.8 Å². The standard InChI is InChI=1S/C23H22ClN3O3S2/c1-14-20(22(29)30-2)21(15-5-3-6-16(24)11-15)27-17(13-32-23(27)26-14)12-19(28)25-9-8-18-7-4-10-31-18/h3-7,10-11,13,21H,8-9,12H2,1-2H3,(H,25,28). The number of amidine groups is 1. The summed E-state index contributed by atoms with van der Waals surface area (Å²) in [4.78, 5) is 33.2. The topological polar surface area (TPSA) is 71.0 Å². The molecule has 0 saturated carbocycles. The van der Waals surface area contributed by atoms with E-state index in [1.807, 2.05) is 40.0 Å². The Hall–Kier alpha value is -2.55. The number of nitrogens with zero attached hydrogens (tertiary/aromatic N) is 2. The third kappa shape index (κ3) is 4.77. The van der Waals surface area contributed by atoms with Crippen LogP contribution < -0.4 is 5.32 Å². The number of carbonyl (C=O) groups is 2. The molecule has 6 nitrogen and oxygen atoms in total. The van der Waals surface area contributed by atoms with Crippen LogP contribution in [0.1, 0.15) is 29.8 Å². The van der Waals surface area contributed by atoms with E-state index in [2.05, 4.69) is 16.4 Å². The van der Waals surface area contributed by atoms with Crippen LogP contribution >= 0.6 is 34.7 Å². The molecule has 1 amide bonds. The molecule has 0 saturated heterocycles. The van der Waals surface area contributed by atoms with Gasteiger partial charge < -0.3 is 15.0 Å². The Balaban J connectivity index is 1.57. The van der Waals surface area contributed by atoms with Gasteiger partial charge in [-0.05, 0) is 47.9 Å². The lowest BCUT2D eigenvalue weighted by atomic mass is 9.94. The number of carbonyl (C=O) groups excluding carboxylic acids is 2. The number of fused-ring (bicyclic) bond motifs is 1. The fraction of sp³-hybridized carbons (Fsp3) is 0.261. The van der Waals surface area contributed by atoms with E-state index in [0.717, 1.165) is 22.8 Å². The molecule has 3 heterocycles. The summed E-state index contributed by atoms with van der Waals surface area (Å²) in [5.74, 6) is -0.530. The second kappa shape index (κ2) is 9.94. The summed E-state index contributed by atoms with van der Waals surface area (Å²) in [5, 5.41) is 8.22. The zero-order chi connectivity index (χ0) is 22.7. The first kappa shape index (κ1) is 22.6. The molecular formula is C23H22ClN3O3S2. The largest absolute Gasteiger partial charge is 0.466 e. The first-order valence-electron chi connectivity index (χ1n) is 10.0. The van der Waals surface area contributed by atoms with Crippen molar-refractivity contribution in [1.82, 2.24) is 10.2 Å². The SMILES string of the molecule is COC(=O)C1=C(C)N=C2SC=C(CC(=O)NCCc3cccs3)N2C1c1cccc(Cl)c1. The minimum Gasteiger partial charge on any atom is -0.466 e. The molecule has 0 spiro atoms. The highest BCUT2D eigenvalue weighted by molar-refractivity contribution is 8.16. The van der Waals surface area contributed by atoms with Crippen LogP contribution in [-0.4, -0.2) is 35.6 Å². The number of esters is 1. The van der Waals surface area contributed by atoms with Gasteiger partial charge in [0.25, 0.3) is 0 Å². The number of amides is 1. The molecule has 1 aromatic carbocycles. The molecule has 0 fully saturated rings. The van der Waals surface area contributed by atoms with Gasteiger partial charge in [0.2, 0.25) is 5.91 Å². The average Bonchev–Trinajstić information content (AvgIpc) is 3.42. The molecule has 0 radical (unpaired) electrons. The smallest absolute Gasteiger partial charge is 0.338 e. The lowest BCUT2D eigenvalue weighted by molar-refractivity contribution is -0.136. The summed E-state index contributed by atoms with van der Waals surface area (Å²) >= 11 is 9.38. The van der Waals surface area contributed by atoms with Crippen LogP contribution in [0.25, 0.3) is 0 Å². The first-order valence-corrected chi connectivity index (χ1v) is 12.2. The maximum absolute atomic E-state index is 12.7. The number of methoxy groups -OCH3 is 1. The van der Waals surface area contributed by atoms with Crippen molar-refractivity contribution in [3.63, 3.8) is 0 Å². The van der Waals surface area contributed by atoms with E-state index < -0.39 is 12.0 Å². The average molecular weight is 488 g/mol. The van der Waals surface area contributed by atoms with E-state index >= 15 is 0 Å². The Morgan fingerprint density at radius 2 is 2.12 bits per heavy atom. The molecule has 2 aromatic rings. The number of hydrogen-bond acceptors (Lipinski definition) is 7. The minimum atomic E-state index is -0.478. The van der Waals surface area contributed by atoms with Gasteiger partial charge in [0.1, 0.15) is 0 Å². The van der Waals surface area contributed by atoms with Crippen molar-refractivity contribution in [3.05, 3.63) is 79.6 Å². The predicted molar refractivity (Wildman–Crippen MR) is 130 cm³/mol. The zero-order valence-electron chi connectivity index (χ0n) is 17.6. The molecule has 0 bridgehead atoms. The predicted octanol–water partition coefficient (Wildman–Crippen LogP) is 4.90. The number of hydrogen-bond donors (Lipinski definition) is 1. The fourth-order valence-corrected chi connectivity index (χ4v) is 5.61. The van der Waals surface area contributed by atoms with Gasteiger partial charge in [0.05, 0.1) is 30.8 Å². The summed E-state index contributed by atoms with van der Waals surface area (Å²) in [7, 11) is 1.35. The molecule has 2 aliphatic heterocycles. The molecule has 166 valence electrons. The van der Waals surface area contributed by atoms with Gasteiger partial charge >= 0.3 is 5.97 Å². The molecule has 9 heteroatoms. The van der Waals surface area contributed by atoms with Gasteiger partial charge in [-0.2, -0.15) is 0 Å². The minimum absolute atomic E-state index is 0.0783. The maximum Gasteiger partial charge on any atom is 0.338 e. The van der Waals surface area contributed by atoms with Crippen molar-refractivity contribution in [3.8, 4) is 0 Å². The number of ether oxygens (including phenoxy) is 1. The highest BCUT2D eigenvalue weighted by Gasteiger charge is 2.41. The number of rotatable bonds is 7. The van der Waals surface area contributed by atoms with Gasteiger partial charge in [-0.1, -0.05) is 41.6 Å². The summed E-state index contributed by atoms with van der Waals surface area (Å²) < 4.78 is 5.07. The van der Waals surface area contributed by atoms with Crippen molar-refractivity contribution in [1.29, 1.82) is 0 Å². The third-order valence-corrected chi connectivity index (χ3v) is 7.25. The number of halogens is 1. The number of benzene rings is 1. The van der Waals surface area contributed by atoms with E-state index in [-0.39, 0.29) is 12.3 Å². The van der Waals surface area contributed by atoms with Crippen LogP contribution in [-0.2, 0) is 20.7 Å². The number of aliphatic imine (C=N–C) groups is 1. The van der Waals surface area contributed by atoms with Gasteiger partial charge in [-0.25, -0.2) is 9.79 Å². The van der Waals surface area contributed by atoms with Crippen LogP contribution in [0.2, 0.25) is 5.02 Å². The van der Waals surface area contributed by atoms with Crippen LogP contribution in [0.15, 0.2) is 69.1 Å². The second-order valence-electron chi connectivity index (χ2n) is 7.30. The van der Waals surface area contributed by atoms with Gasteiger partial charge in [-0.15, -0.1) is 11.3 Å².